The lowest BCUT2D eigenvalue weighted by Crippen LogP contribution is -2.34. The fourth-order valence-corrected chi connectivity index (χ4v) is 3.86. The molecular weight excluding hydrogens is 426 g/mol. The summed E-state index contributed by atoms with van der Waals surface area (Å²) in [5, 5.41) is 5.33. The van der Waals surface area contributed by atoms with E-state index in [1.807, 2.05) is 0 Å². The first-order valence-electron chi connectivity index (χ1n) is 8.72. The van der Waals surface area contributed by atoms with Gasteiger partial charge in [-0.15, -0.1) is 0 Å². The Morgan fingerprint density at radius 2 is 1.83 bits per heavy atom. The molecular formula is C20H19N3O5S2. The molecule has 0 fully saturated rings. The van der Waals surface area contributed by atoms with Gasteiger partial charge in [0, 0.05) is 5.69 Å². The molecule has 0 radical (unpaired) electrons. The molecule has 8 nitrogen and oxygen atoms in total. The second-order valence-corrected chi connectivity index (χ2v) is 8.26. The van der Waals surface area contributed by atoms with Crippen molar-refractivity contribution in [1.29, 1.82) is 0 Å². The Hall–Kier alpha value is -3.37. The third-order valence-corrected chi connectivity index (χ3v) is 5.66. The predicted molar refractivity (Wildman–Crippen MR) is 117 cm³/mol. The molecule has 1 heterocycles. The number of sulfonamides is 1. The average molecular weight is 446 g/mol. The molecule has 30 heavy (non-hydrogen) atoms. The van der Waals surface area contributed by atoms with Gasteiger partial charge in [-0.2, -0.15) is 0 Å². The largest absolute Gasteiger partial charge is 0.495 e. The van der Waals surface area contributed by atoms with Crippen LogP contribution in [0.1, 0.15) is 16.1 Å². The molecule has 0 spiro atoms. The van der Waals surface area contributed by atoms with E-state index in [-0.39, 0.29) is 15.8 Å². The van der Waals surface area contributed by atoms with Gasteiger partial charge in [0.15, 0.2) is 10.9 Å². The number of methoxy groups -OCH3 is 1. The van der Waals surface area contributed by atoms with E-state index < -0.39 is 15.9 Å². The zero-order valence-corrected chi connectivity index (χ0v) is 17.8. The summed E-state index contributed by atoms with van der Waals surface area (Å²) < 4.78 is 38.4. The first-order chi connectivity index (χ1) is 14.3. The van der Waals surface area contributed by atoms with E-state index in [0.717, 1.165) is 5.56 Å². The Balaban J connectivity index is 1.78. The van der Waals surface area contributed by atoms with Gasteiger partial charge in [-0.05, 0) is 61.1 Å². The molecule has 0 aliphatic carbocycles. The second kappa shape index (κ2) is 8.97. The lowest BCUT2D eigenvalue weighted by atomic mass is 10.2. The lowest BCUT2D eigenvalue weighted by Gasteiger charge is -2.15. The molecule has 3 aromatic rings. The number of benzene rings is 2. The molecule has 0 unspecified atom stereocenters. The van der Waals surface area contributed by atoms with E-state index >= 15 is 0 Å². The summed E-state index contributed by atoms with van der Waals surface area (Å²) in [5.74, 6) is -0.0154. The van der Waals surface area contributed by atoms with Crippen LogP contribution in [-0.4, -0.2) is 26.5 Å². The van der Waals surface area contributed by atoms with Crippen molar-refractivity contribution < 1.29 is 22.4 Å². The highest BCUT2D eigenvalue weighted by Gasteiger charge is 2.18. The number of para-hydroxylation sites is 2. The van der Waals surface area contributed by atoms with Crippen molar-refractivity contribution in [1.82, 2.24) is 5.32 Å². The zero-order chi connectivity index (χ0) is 21.7. The molecule has 1 aromatic heterocycles. The summed E-state index contributed by atoms with van der Waals surface area (Å²) in [6, 6.07) is 14.3. The molecule has 156 valence electrons. The topological polar surface area (TPSA) is 110 Å². The first-order valence-corrected chi connectivity index (χ1v) is 10.6. The number of anilines is 2. The van der Waals surface area contributed by atoms with Crippen LogP contribution in [-0.2, 0) is 10.0 Å². The van der Waals surface area contributed by atoms with Gasteiger partial charge in [0.05, 0.1) is 24.0 Å². The minimum atomic E-state index is -3.90. The number of rotatable bonds is 6. The average Bonchev–Trinajstić information content (AvgIpc) is 3.24. The maximum absolute atomic E-state index is 12.8. The van der Waals surface area contributed by atoms with Crippen molar-refractivity contribution >= 4 is 44.6 Å². The second-order valence-electron chi connectivity index (χ2n) is 6.17. The molecule has 0 atom stereocenters. The third-order valence-electron chi connectivity index (χ3n) is 4.09. The SMILES string of the molecule is COc1ccccc1NS(=O)(=O)c1ccc(C)c(NC(=S)NC(=O)c2ccco2)c1. The number of furan rings is 1. The number of nitrogens with one attached hydrogen (secondary N) is 3. The molecule has 3 N–H and O–H groups in total. The number of carbonyl (C=O) groups is 1. The van der Waals surface area contributed by atoms with Crippen LogP contribution in [0.15, 0.2) is 70.2 Å². The fourth-order valence-electron chi connectivity index (χ4n) is 2.56. The highest BCUT2D eigenvalue weighted by molar-refractivity contribution is 7.92. The molecule has 0 bridgehead atoms. The Kier molecular flexibility index (Phi) is 6.38. The quantitative estimate of drug-likeness (QED) is 0.498. The van der Waals surface area contributed by atoms with Crippen molar-refractivity contribution in [3.05, 3.63) is 72.2 Å². The van der Waals surface area contributed by atoms with Crippen LogP contribution >= 0.6 is 12.2 Å². The number of hydrogen-bond donors (Lipinski definition) is 3. The monoisotopic (exact) mass is 445 g/mol. The van der Waals surface area contributed by atoms with Crippen molar-refractivity contribution in [3.63, 3.8) is 0 Å². The first kappa shape index (κ1) is 21.3. The van der Waals surface area contributed by atoms with Gasteiger partial charge in [-0.25, -0.2) is 8.42 Å². The number of ether oxygens (including phenoxy) is 1. The van der Waals surface area contributed by atoms with E-state index in [1.165, 1.54) is 31.6 Å². The molecule has 0 aliphatic heterocycles. The number of thiocarbonyl (C=S) groups is 1. The van der Waals surface area contributed by atoms with E-state index in [0.29, 0.717) is 17.1 Å². The number of hydrogen-bond acceptors (Lipinski definition) is 6. The normalized spacial score (nSPS) is 10.9. The van der Waals surface area contributed by atoms with E-state index in [2.05, 4.69) is 15.4 Å². The zero-order valence-electron chi connectivity index (χ0n) is 16.1. The Bertz CT molecular complexity index is 1170. The standard InChI is InChI=1S/C20H19N3O5S2/c1-13-9-10-14(30(25,26)23-15-6-3-4-7-17(15)27-2)12-16(13)21-20(29)22-19(24)18-8-5-11-28-18/h3-12,23H,1-2H3,(H2,21,22,24,29). The van der Waals surface area contributed by atoms with Crippen LogP contribution in [0, 0.1) is 6.92 Å². The molecule has 2 aromatic carbocycles. The van der Waals surface area contributed by atoms with Gasteiger partial charge in [0.2, 0.25) is 0 Å². The highest BCUT2D eigenvalue weighted by atomic mass is 32.2. The third kappa shape index (κ3) is 4.97. The van der Waals surface area contributed by atoms with Crippen molar-refractivity contribution in [2.45, 2.75) is 11.8 Å². The summed E-state index contributed by atoms with van der Waals surface area (Å²) >= 11 is 5.15. The summed E-state index contributed by atoms with van der Waals surface area (Å²) in [7, 11) is -2.44. The van der Waals surface area contributed by atoms with Crippen molar-refractivity contribution in [2.24, 2.45) is 0 Å². The van der Waals surface area contributed by atoms with Crippen LogP contribution in [0.25, 0.3) is 0 Å². The van der Waals surface area contributed by atoms with Gasteiger partial charge in [0.25, 0.3) is 15.9 Å². The number of aryl methyl sites for hydroxylation is 1. The van der Waals surface area contributed by atoms with E-state index in [4.69, 9.17) is 21.4 Å². The summed E-state index contributed by atoms with van der Waals surface area (Å²) in [5.41, 5.74) is 1.49. The number of amides is 1. The Morgan fingerprint density at radius 3 is 2.53 bits per heavy atom. The van der Waals surface area contributed by atoms with Gasteiger partial charge < -0.3 is 14.5 Å². The Morgan fingerprint density at radius 1 is 1.07 bits per heavy atom. The van der Waals surface area contributed by atoms with E-state index in [9.17, 15) is 13.2 Å². The van der Waals surface area contributed by atoms with Crippen LogP contribution < -0.4 is 20.1 Å². The van der Waals surface area contributed by atoms with Crippen LogP contribution in [0.2, 0.25) is 0 Å². The lowest BCUT2D eigenvalue weighted by molar-refractivity contribution is 0.0950. The fraction of sp³-hybridized carbons (Fsp3) is 0.100. The highest BCUT2D eigenvalue weighted by Crippen LogP contribution is 2.27. The van der Waals surface area contributed by atoms with Gasteiger partial charge >= 0.3 is 0 Å². The van der Waals surface area contributed by atoms with Gasteiger partial charge in [-0.1, -0.05) is 18.2 Å². The van der Waals surface area contributed by atoms with Crippen LogP contribution in [0.4, 0.5) is 11.4 Å². The molecule has 10 heteroatoms. The minimum absolute atomic E-state index is 0.00624. The molecule has 3 rings (SSSR count). The van der Waals surface area contributed by atoms with Crippen LogP contribution in [0.3, 0.4) is 0 Å². The van der Waals surface area contributed by atoms with E-state index in [1.54, 1.807) is 43.3 Å². The van der Waals surface area contributed by atoms with Crippen molar-refractivity contribution in [3.8, 4) is 5.75 Å². The summed E-state index contributed by atoms with van der Waals surface area (Å²) in [4.78, 5) is 12.0. The van der Waals surface area contributed by atoms with Crippen molar-refractivity contribution in [2.75, 3.05) is 17.1 Å². The van der Waals surface area contributed by atoms with Gasteiger partial charge in [-0.3, -0.25) is 14.8 Å². The molecule has 0 saturated heterocycles. The maximum Gasteiger partial charge on any atom is 0.293 e. The summed E-state index contributed by atoms with van der Waals surface area (Å²) in [6.07, 6.45) is 1.37. The smallest absolute Gasteiger partial charge is 0.293 e. The predicted octanol–water partition coefficient (Wildman–Crippen LogP) is 3.52. The molecule has 0 aliphatic rings. The van der Waals surface area contributed by atoms with Crippen LogP contribution in [0.5, 0.6) is 5.75 Å². The molecule has 1 amide bonds. The Labute approximate surface area is 179 Å². The minimum Gasteiger partial charge on any atom is -0.495 e. The van der Waals surface area contributed by atoms with Gasteiger partial charge in [0.1, 0.15) is 5.75 Å². The molecule has 0 saturated carbocycles. The summed E-state index contributed by atoms with van der Waals surface area (Å²) in [6.45, 7) is 1.78. The number of carbonyl (C=O) groups excluding carboxylic acids is 1. The maximum atomic E-state index is 12.8.